The smallest absolute Gasteiger partial charge is 0.195 e. The molecule has 1 aromatic heterocycles. The van der Waals surface area contributed by atoms with Crippen LogP contribution in [0.1, 0.15) is 27.5 Å². The van der Waals surface area contributed by atoms with E-state index in [1.54, 1.807) is 6.20 Å². The zero-order valence-corrected chi connectivity index (χ0v) is 19.9. The molecule has 4 aromatic rings. The van der Waals surface area contributed by atoms with Gasteiger partial charge in [-0.3, -0.25) is 9.69 Å². The number of nitrogens with zero attached hydrogens (tertiary/aromatic N) is 2. The Hall–Kier alpha value is -3.12. The molecule has 1 saturated heterocycles. The lowest BCUT2D eigenvalue weighted by Gasteiger charge is -2.41. The third-order valence-electron chi connectivity index (χ3n) is 6.72. The summed E-state index contributed by atoms with van der Waals surface area (Å²) in [6, 6.07) is 23.3. The third-order valence-corrected chi connectivity index (χ3v) is 6.96. The van der Waals surface area contributed by atoms with Crippen LogP contribution in [-0.4, -0.2) is 53.1 Å². The minimum atomic E-state index is -1.18. The van der Waals surface area contributed by atoms with Gasteiger partial charge in [0.05, 0.1) is 6.04 Å². The zero-order chi connectivity index (χ0) is 23.7. The highest BCUT2D eigenvalue weighted by atomic mass is 35.5. The van der Waals surface area contributed by atoms with Gasteiger partial charge in [-0.15, -0.1) is 0 Å². The third kappa shape index (κ3) is 4.47. The van der Waals surface area contributed by atoms with Gasteiger partial charge in [-0.25, -0.2) is 0 Å². The summed E-state index contributed by atoms with van der Waals surface area (Å²) in [6.07, 6.45) is 0.527. The normalized spacial score (nSPS) is 16.5. The monoisotopic (exact) mass is 473 g/mol. The van der Waals surface area contributed by atoms with Gasteiger partial charge in [0, 0.05) is 59.6 Å². The second-order valence-corrected chi connectivity index (χ2v) is 9.35. The standard InChI is InChI=1S/C28H28ClN3O2/c1-19-9-11-20(12-10-19)26(28(34)27(33)24-18-30-25-8-3-2-7-23(24)25)32-15-13-31(14-16-32)22-6-4-5-21(29)17-22/h2-12,17-18,26,28,30,34H,13-16H2,1H3/t26-,28+/m0/s1. The topological polar surface area (TPSA) is 59.6 Å². The summed E-state index contributed by atoms with van der Waals surface area (Å²) < 4.78 is 0. The molecule has 0 saturated carbocycles. The number of rotatable bonds is 6. The first-order chi connectivity index (χ1) is 16.5. The number of aromatic nitrogens is 1. The Balaban J connectivity index is 1.42. The van der Waals surface area contributed by atoms with Gasteiger partial charge < -0.3 is 15.0 Å². The van der Waals surface area contributed by atoms with E-state index in [0.717, 1.165) is 58.9 Å². The molecule has 0 amide bonds. The first kappa shape index (κ1) is 22.7. The van der Waals surface area contributed by atoms with E-state index < -0.39 is 12.1 Å². The molecular formula is C28H28ClN3O2. The van der Waals surface area contributed by atoms with Gasteiger partial charge in [0.1, 0.15) is 6.10 Å². The number of ketones is 1. The first-order valence-electron chi connectivity index (χ1n) is 11.6. The fourth-order valence-electron chi connectivity index (χ4n) is 4.87. The van der Waals surface area contributed by atoms with E-state index in [0.29, 0.717) is 5.56 Å². The number of fused-ring (bicyclic) bond motifs is 1. The number of carbonyl (C=O) groups excluding carboxylic acids is 1. The van der Waals surface area contributed by atoms with Crippen LogP contribution in [0, 0.1) is 6.92 Å². The maximum Gasteiger partial charge on any atom is 0.195 e. The Bertz CT molecular complexity index is 1290. The largest absolute Gasteiger partial charge is 0.383 e. The van der Waals surface area contributed by atoms with Crippen molar-refractivity contribution >= 4 is 34.0 Å². The number of nitrogens with one attached hydrogen (secondary N) is 1. The number of benzene rings is 3. The number of carbonyl (C=O) groups is 1. The molecule has 0 aliphatic carbocycles. The Morgan fingerprint density at radius 2 is 1.71 bits per heavy atom. The van der Waals surface area contributed by atoms with Crippen molar-refractivity contribution in [1.29, 1.82) is 0 Å². The molecular weight excluding hydrogens is 446 g/mol. The van der Waals surface area contributed by atoms with Crippen LogP contribution in [0.2, 0.25) is 5.02 Å². The molecule has 0 unspecified atom stereocenters. The summed E-state index contributed by atoms with van der Waals surface area (Å²) in [6.45, 7) is 5.07. The molecule has 0 spiro atoms. The molecule has 1 aliphatic rings. The van der Waals surface area contributed by atoms with Crippen LogP contribution < -0.4 is 4.90 Å². The zero-order valence-electron chi connectivity index (χ0n) is 19.1. The summed E-state index contributed by atoms with van der Waals surface area (Å²) in [5.41, 5.74) is 4.60. The minimum absolute atomic E-state index is 0.264. The van der Waals surface area contributed by atoms with Crippen molar-refractivity contribution in [3.8, 4) is 0 Å². The van der Waals surface area contributed by atoms with Crippen LogP contribution in [0.3, 0.4) is 0 Å². The number of piperazine rings is 1. The molecule has 174 valence electrons. The Morgan fingerprint density at radius 1 is 0.971 bits per heavy atom. The van der Waals surface area contributed by atoms with Gasteiger partial charge in [-0.1, -0.05) is 65.7 Å². The van der Waals surface area contributed by atoms with E-state index in [1.165, 1.54) is 0 Å². The minimum Gasteiger partial charge on any atom is -0.383 e. The van der Waals surface area contributed by atoms with Crippen LogP contribution in [0.15, 0.2) is 79.0 Å². The molecule has 2 N–H and O–H groups in total. The molecule has 3 aromatic carbocycles. The number of hydrogen-bond donors (Lipinski definition) is 2. The highest BCUT2D eigenvalue weighted by Gasteiger charge is 2.35. The average Bonchev–Trinajstić information content (AvgIpc) is 3.29. The number of para-hydroxylation sites is 1. The van der Waals surface area contributed by atoms with E-state index in [2.05, 4.69) is 20.9 Å². The summed E-state index contributed by atoms with van der Waals surface area (Å²) >= 11 is 6.19. The average molecular weight is 474 g/mol. The number of hydrogen-bond acceptors (Lipinski definition) is 4. The van der Waals surface area contributed by atoms with Crippen LogP contribution >= 0.6 is 11.6 Å². The highest BCUT2D eigenvalue weighted by molar-refractivity contribution is 6.30. The number of aryl methyl sites for hydroxylation is 1. The summed E-state index contributed by atoms with van der Waals surface area (Å²) in [4.78, 5) is 21.2. The van der Waals surface area contributed by atoms with Gasteiger partial charge in [0.2, 0.25) is 0 Å². The van der Waals surface area contributed by atoms with Crippen LogP contribution in [0.5, 0.6) is 0 Å². The van der Waals surface area contributed by atoms with Gasteiger partial charge in [-0.2, -0.15) is 0 Å². The molecule has 34 heavy (non-hydrogen) atoms. The van der Waals surface area contributed by atoms with Crippen molar-refractivity contribution in [2.75, 3.05) is 31.1 Å². The lowest BCUT2D eigenvalue weighted by atomic mass is 9.92. The van der Waals surface area contributed by atoms with Gasteiger partial charge in [-0.05, 0) is 36.8 Å². The fraction of sp³-hybridized carbons (Fsp3) is 0.250. The van der Waals surface area contributed by atoms with Crippen LogP contribution in [0.25, 0.3) is 10.9 Å². The maximum atomic E-state index is 13.5. The molecule has 1 aliphatic heterocycles. The molecule has 5 rings (SSSR count). The number of anilines is 1. The molecule has 0 radical (unpaired) electrons. The van der Waals surface area contributed by atoms with E-state index in [9.17, 15) is 9.90 Å². The molecule has 1 fully saturated rings. The highest BCUT2D eigenvalue weighted by Crippen LogP contribution is 2.31. The predicted octanol–water partition coefficient (Wildman–Crippen LogP) is 5.24. The van der Waals surface area contributed by atoms with Crippen molar-refractivity contribution < 1.29 is 9.90 Å². The number of aromatic amines is 1. The van der Waals surface area contributed by atoms with E-state index in [-0.39, 0.29) is 5.78 Å². The second kappa shape index (κ2) is 9.63. The number of H-pyrrole nitrogens is 1. The molecule has 6 heteroatoms. The van der Waals surface area contributed by atoms with E-state index in [1.807, 2.05) is 73.7 Å². The van der Waals surface area contributed by atoms with Crippen molar-refractivity contribution in [2.24, 2.45) is 0 Å². The lowest BCUT2D eigenvalue weighted by Crippen LogP contribution is -2.51. The Labute approximate surface area is 204 Å². The number of aliphatic hydroxyl groups excluding tert-OH is 1. The molecule has 0 bridgehead atoms. The van der Waals surface area contributed by atoms with Crippen LogP contribution in [0.4, 0.5) is 5.69 Å². The number of halogens is 1. The van der Waals surface area contributed by atoms with E-state index in [4.69, 9.17) is 11.6 Å². The molecule has 2 heterocycles. The Kier molecular flexibility index (Phi) is 6.42. The number of Topliss-reactive ketones (excluding diaryl/α,β-unsaturated/α-hetero) is 1. The fourth-order valence-corrected chi connectivity index (χ4v) is 5.05. The number of aliphatic hydroxyl groups is 1. The lowest BCUT2D eigenvalue weighted by molar-refractivity contribution is 0.0366. The predicted molar refractivity (Wildman–Crippen MR) is 138 cm³/mol. The van der Waals surface area contributed by atoms with Crippen molar-refractivity contribution in [2.45, 2.75) is 19.1 Å². The van der Waals surface area contributed by atoms with Crippen LogP contribution in [-0.2, 0) is 0 Å². The molecule has 5 nitrogen and oxygen atoms in total. The van der Waals surface area contributed by atoms with Gasteiger partial charge in [0.15, 0.2) is 5.78 Å². The first-order valence-corrected chi connectivity index (χ1v) is 12.0. The summed E-state index contributed by atoms with van der Waals surface area (Å²) in [7, 11) is 0. The van der Waals surface area contributed by atoms with Crippen molar-refractivity contribution in [1.82, 2.24) is 9.88 Å². The maximum absolute atomic E-state index is 13.5. The van der Waals surface area contributed by atoms with Crippen molar-refractivity contribution in [3.63, 3.8) is 0 Å². The molecule has 2 atom stereocenters. The van der Waals surface area contributed by atoms with Gasteiger partial charge in [0.25, 0.3) is 0 Å². The Morgan fingerprint density at radius 3 is 2.44 bits per heavy atom. The van der Waals surface area contributed by atoms with Crippen molar-refractivity contribution in [3.05, 3.63) is 101 Å². The summed E-state index contributed by atoms with van der Waals surface area (Å²) in [5, 5.41) is 13.0. The van der Waals surface area contributed by atoms with E-state index >= 15 is 0 Å². The van der Waals surface area contributed by atoms with Gasteiger partial charge >= 0.3 is 0 Å². The SMILES string of the molecule is Cc1ccc([C@@H]([C@@H](O)C(=O)c2c[nH]c3ccccc23)N2CCN(c3cccc(Cl)c3)CC2)cc1. The summed E-state index contributed by atoms with van der Waals surface area (Å²) in [5.74, 6) is -0.264. The quantitative estimate of drug-likeness (QED) is 0.376. The second-order valence-electron chi connectivity index (χ2n) is 8.92.